The summed E-state index contributed by atoms with van der Waals surface area (Å²) in [6, 6.07) is 8.37. The summed E-state index contributed by atoms with van der Waals surface area (Å²) in [5, 5.41) is 0.854. The maximum Gasteiger partial charge on any atom is 0.250 e. The first-order valence-corrected chi connectivity index (χ1v) is 13.8. The van der Waals surface area contributed by atoms with Crippen LogP contribution in [0.25, 0.3) is 22.2 Å². The number of nitrogens with zero attached hydrogens (tertiary/aromatic N) is 4. The van der Waals surface area contributed by atoms with Crippen molar-refractivity contribution >= 4 is 16.9 Å². The molecule has 2 saturated heterocycles. The Balaban J connectivity index is 1.17. The normalized spacial score (nSPS) is 26.9. The predicted molar refractivity (Wildman–Crippen MR) is 143 cm³/mol. The van der Waals surface area contributed by atoms with Gasteiger partial charge in [0, 0.05) is 50.3 Å². The first-order chi connectivity index (χ1) is 18.2. The molecular weight excluding hydrogens is 488 g/mol. The van der Waals surface area contributed by atoms with Gasteiger partial charge in [0.1, 0.15) is 30.1 Å². The minimum Gasteiger partial charge on any atom is -0.491 e. The van der Waals surface area contributed by atoms with Gasteiger partial charge in [-0.15, -0.1) is 0 Å². The van der Waals surface area contributed by atoms with Gasteiger partial charge in [0.05, 0.1) is 17.1 Å². The van der Waals surface area contributed by atoms with Gasteiger partial charge < -0.3 is 24.7 Å². The Morgan fingerprint density at radius 3 is 2.66 bits per heavy atom. The number of halogens is 2. The molecule has 1 unspecified atom stereocenters. The van der Waals surface area contributed by atoms with Crippen molar-refractivity contribution in [3.8, 4) is 16.9 Å². The van der Waals surface area contributed by atoms with Crippen LogP contribution in [0.1, 0.15) is 58.4 Å². The summed E-state index contributed by atoms with van der Waals surface area (Å²) in [6.07, 6.45) is 7.74. The van der Waals surface area contributed by atoms with Gasteiger partial charge in [0.15, 0.2) is 0 Å². The number of ether oxygens (including phenoxy) is 2. The topological polar surface area (TPSA) is 78.4 Å². The second-order valence-corrected chi connectivity index (χ2v) is 11.9. The summed E-state index contributed by atoms with van der Waals surface area (Å²) in [6.45, 7) is 6.62. The van der Waals surface area contributed by atoms with E-state index in [4.69, 9.17) is 15.2 Å². The largest absolute Gasteiger partial charge is 0.491 e. The molecule has 0 bridgehead atoms. The molecule has 6 rings (SSSR count). The van der Waals surface area contributed by atoms with E-state index in [0.29, 0.717) is 37.5 Å². The van der Waals surface area contributed by atoms with Gasteiger partial charge in [-0.25, -0.2) is 18.7 Å². The number of hydrogen-bond acceptors (Lipinski definition) is 6. The van der Waals surface area contributed by atoms with Crippen molar-refractivity contribution in [2.24, 2.45) is 5.92 Å². The van der Waals surface area contributed by atoms with Crippen molar-refractivity contribution in [3.05, 3.63) is 36.8 Å². The summed E-state index contributed by atoms with van der Waals surface area (Å²) in [4.78, 5) is 11.1. The average Bonchev–Trinajstić information content (AvgIpc) is 3.41. The lowest BCUT2D eigenvalue weighted by atomic mass is 9.79. The van der Waals surface area contributed by atoms with E-state index in [1.165, 1.54) is 6.33 Å². The van der Waals surface area contributed by atoms with Gasteiger partial charge >= 0.3 is 0 Å². The van der Waals surface area contributed by atoms with Gasteiger partial charge in [-0.2, -0.15) is 0 Å². The molecule has 38 heavy (non-hydrogen) atoms. The van der Waals surface area contributed by atoms with E-state index in [1.54, 1.807) is 0 Å². The number of piperidine rings is 1. The maximum atomic E-state index is 13.5. The molecule has 204 valence electrons. The van der Waals surface area contributed by atoms with Gasteiger partial charge in [-0.3, -0.25) is 0 Å². The Bertz CT molecular complexity index is 1290. The van der Waals surface area contributed by atoms with Gasteiger partial charge in [-0.05, 0) is 63.1 Å². The monoisotopic (exact) mass is 525 g/mol. The Hall–Kier alpha value is -2.78. The molecule has 1 atom stereocenters. The van der Waals surface area contributed by atoms with Crippen molar-refractivity contribution < 1.29 is 18.3 Å². The number of hydrogen-bond donors (Lipinski definition) is 1. The molecule has 2 aromatic heterocycles. The van der Waals surface area contributed by atoms with Gasteiger partial charge in [0.25, 0.3) is 5.92 Å². The second kappa shape index (κ2) is 9.75. The second-order valence-electron chi connectivity index (χ2n) is 11.9. The molecule has 0 amide bonds. The van der Waals surface area contributed by atoms with Crippen LogP contribution < -0.4 is 10.5 Å². The predicted octanol–water partition coefficient (Wildman–Crippen LogP) is 5.70. The minimum atomic E-state index is -2.50. The number of anilines is 1. The quantitative estimate of drug-likeness (QED) is 0.426. The summed E-state index contributed by atoms with van der Waals surface area (Å²) in [7, 11) is 0. The van der Waals surface area contributed by atoms with Crippen molar-refractivity contribution in [3.63, 3.8) is 0 Å². The molecule has 4 heterocycles. The number of aromatic nitrogens is 3. The van der Waals surface area contributed by atoms with Crippen LogP contribution in [-0.4, -0.2) is 63.3 Å². The van der Waals surface area contributed by atoms with Crippen LogP contribution in [0.3, 0.4) is 0 Å². The first-order valence-electron chi connectivity index (χ1n) is 13.8. The Morgan fingerprint density at radius 1 is 1.13 bits per heavy atom. The maximum absolute atomic E-state index is 13.5. The van der Waals surface area contributed by atoms with Crippen LogP contribution in [0.4, 0.5) is 14.6 Å². The number of nitrogen functional groups attached to an aromatic ring is 1. The summed E-state index contributed by atoms with van der Waals surface area (Å²) in [5.41, 5.74) is 9.11. The number of fused-ring (bicyclic) bond motifs is 1. The van der Waals surface area contributed by atoms with Crippen LogP contribution in [0.15, 0.2) is 36.8 Å². The fourth-order valence-electron chi connectivity index (χ4n) is 6.25. The smallest absolute Gasteiger partial charge is 0.250 e. The highest BCUT2D eigenvalue weighted by atomic mass is 19.3. The van der Waals surface area contributed by atoms with Crippen molar-refractivity contribution in [1.29, 1.82) is 0 Å². The number of alkyl halides is 2. The van der Waals surface area contributed by atoms with E-state index in [2.05, 4.69) is 45.5 Å². The van der Waals surface area contributed by atoms with Crippen LogP contribution in [0.2, 0.25) is 0 Å². The van der Waals surface area contributed by atoms with E-state index in [0.717, 1.165) is 60.1 Å². The molecule has 0 radical (unpaired) electrons. The summed E-state index contributed by atoms with van der Waals surface area (Å²) >= 11 is 0. The molecular formula is C29H37F2N5O2. The minimum absolute atomic E-state index is 0.0284. The lowest BCUT2D eigenvalue weighted by Gasteiger charge is -2.41. The Kier molecular flexibility index (Phi) is 6.54. The standard InChI is InChI=1S/C29H37F2N5O2/c1-28(2)7-6-23(38-28)17-37-22-5-3-4-20(14-22)24-16-36(27-25(24)26(32)33-18-34-27)21-12-19(13-21)15-35-10-8-29(30,31)9-11-35/h3-5,14,16,18-19,21,23H,6-13,15,17H2,1-2H3,(H2,32,33,34)/t19-,21+,23?. The highest BCUT2D eigenvalue weighted by Crippen LogP contribution is 2.44. The van der Waals surface area contributed by atoms with E-state index >= 15 is 0 Å². The molecule has 7 nitrogen and oxygen atoms in total. The third-order valence-corrected chi connectivity index (χ3v) is 8.48. The molecule has 1 aliphatic carbocycles. The average molecular weight is 526 g/mol. The fraction of sp³-hybridized carbons (Fsp3) is 0.586. The van der Waals surface area contributed by atoms with Crippen molar-refractivity contribution in [1.82, 2.24) is 19.4 Å². The fourth-order valence-corrected chi connectivity index (χ4v) is 6.25. The molecule has 9 heteroatoms. The molecule has 1 saturated carbocycles. The van der Waals surface area contributed by atoms with Gasteiger partial charge in [-0.1, -0.05) is 12.1 Å². The number of nitrogens with two attached hydrogens (primary N) is 1. The SMILES string of the molecule is CC1(C)CCC(COc2cccc(-c3cn([C@H]4C[C@@H](CN5CCC(F)(F)CC5)C4)c4ncnc(N)c34)c2)O1. The third-order valence-electron chi connectivity index (χ3n) is 8.48. The van der Waals surface area contributed by atoms with Gasteiger partial charge in [0.2, 0.25) is 0 Å². The zero-order chi connectivity index (χ0) is 26.5. The van der Waals surface area contributed by atoms with Crippen LogP contribution in [-0.2, 0) is 4.74 Å². The van der Waals surface area contributed by atoms with Crippen molar-refractivity contribution in [2.45, 2.75) is 76.0 Å². The number of likely N-dealkylation sites (tertiary alicyclic amines) is 1. The summed E-state index contributed by atoms with van der Waals surface area (Å²) in [5.74, 6) is -0.738. The van der Waals surface area contributed by atoms with E-state index < -0.39 is 5.92 Å². The Morgan fingerprint density at radius 2 is 1.92 bits per heavy atom. The summed E-state index contributed by atoms with van der Waals surface area (Å²) < 4.78 is 41.5. The molecule has 2 N–H and O–H groups in total. The molecule has 3 aromatic rings. The zero-order valence-electron chi connectivity index (χ0n) is 22.2. The van der Waals surface area contributed by atoms with Crippen LogP contribution >= 0.6 is 0 Å². The van der Waals surface area contributed by atoms with Crippen molar-refractivity contribution in [2.75, 3.05) is 32.0 Å². The third kappa shape index (κ3) is 5.23. The first kappa shape index (κ1) is 25.5. The van der Waals surface area contributed by atoms with E-state index in [1.807, 2.05) is 18.2 Å². The van der Waals surface area contributed by atoms with E-state index in [-0.39, 0.29) is 24.5 Å². The number of rotatable bonds is 7. The highest BCUT2D eigenvalue weighted by Gasteiger charge is 2.38. The molecule has 3 aliphatic rings. The molecule has 1 aromatic carbocycles. The lowest BCUT2D eigenvalue weighted by molar-refractivity contribution is -0.0603. The molecule has 3 fully saturated rings. The molecule has 0 spiro atoms. The highest BCUT2D eigenvalue weighted by molar-refractivity contribution is 6.00. The molecule has 2 aliphatic heterocycles. The van der Waals surface area contributed by atoms with Crippen LogP contribution in [0, 0.1) is 5.92 Å². The van der Waals surface area contributed by atoms with E-state index in [9.17, 15) is 8.78 Å². The lowest BCUT2D eigenvalue weighted by Crippen LogP contribution is -2.44. The zero-order valence-corrected chi connectivity index (χ0v) is 22.2. The Labute approximate surface area is 222 Å². The number of benzene rings is 1. The van der Waals surface area contributed by atoms with Crippen LogP contribution in [0.5, 0.6) is 5.75 Å².